The Morgan fingerprint density at radius 2 is 1.78 bits per heavy atom. The molecule has 4 unspecified atom stereocenters. The lowest BCUT2D eigenvalue weighted by Crippen LogP contribution is -2.42. The van der Waals surface area contributed by atoms with E-state index in [0.29, 0.717) is 43.2 Å². The van der Waals surface area contributed by atoms with E-state index in [1.54, 1.807) is 12.1 Å². The third-order valence-corrected chi connectivity index (χ3v) is 9.06. The van der Waals surface area contributed by atoms with Crippen LogP contribution >= 0.6 is 0 Å². The molecular formula is C32H39FN2O2. The Hall–Kier alpha value is -2.82. The molecule has 3 aliphatic rings. The van der Waals surface area contributed by atoms with Crippen LogP contribution in [-0.4, -0.2) is 21.3 Å². The first kappa shape index (κ1) is 25.8. The molecule has 196 valence electrons. The number of hydrogen-bond donors (Lipinski definition) is 0. The van der Waals surface area contributed by atoms with E-state index >= 15 is 0 Å². The fourth-order valence-corrected chi connectivity index (χ4v) is 7.26. The van der Waals surface area contributed by atoms with Crippen LogP contribution in [0.1, 0.15) is 89.8 Å². The Labute approximate surface area is 220 Å². The first-order valence-corrected chi connectivity index (χ1v) is 14.1. The maximum Gasteiger partial charge on any atom is 0.133 e. The molecule has 1 heterocycles. The summed E-state index contributed by atoms with van der Waals surface area (Å²) < 4.78 is 15.4. The van der Waals surface area contributed by atoms with Crippen molar-refractivity contribution in [2.75, 3.05) is 0 Å². The van der Waals surface area contributed by atoms with Gasteiger partial charge in [-0.15, -0.1) is 0 Å². The number of nitrogens with zero attached hydrogens (tertiary/aromatic N) is 2. The van der Waals surface area contributed by atoms with Gasteiger partial charge in [0, 0.05) is 31.1 Å². The van der Waals surface area contributed by atoms with Gasteiger partial charge in [0.2, 0.25) is 0 Å². The lowest BCUT2D eigenvalue weighted by molar-refractivity contribution is -0.124. The van der Waals surface area contributed by atoms with Crippen molar-refractivity contribution in [3.63, 3.8) is 0 Å². The lowest BCUT2D eigenvalue weighted by Gasteiger charge is -2.51. The molecule has 1 aromatic carbocycles. The van der Waals surface area contributed by atoms with Crippen LogP contribution in [0, 0.1) is 29.0 Å². The van der Waals surface area contributed by atoms with Gasteiger partial charge >= 0.3 is 0 Å². The molecule has 37 heavy (non-hydrogen) atoms. The maximum absolute atomic E-state index is 13.5. The molecule has 0 aliphatic heterocycles. The molecule has 0 N–H and O–H groups in total. The van der Waals surface area contributed by atoms with Crippen molar-refractivity contribution in [1.82, 2.24) is 9.78 Å². The summed E-state index contributed by atoms with van der Waals surface area (Å²) in [5, 5.41) is 4.68. The topological polar surface area (TPSA) is 52.0 Å². The summed E-state index contributed by atoms with van der Waals surface area (Å²) >= 11 is 0. The number of carbonyl (C=O) groups is 2. The zero-order valence-electron chi connectivity index (χ0n) is 22.4. The quantitative estimate of drug-likeness (QED) is 0.335. The number of benzene rings is 1. The summed E-state index contributed by atoms with van der Waals surface area (Å²) in [6.07, 6.45) is 14.7. The Morgan fingerprint density at radius 1 is 1.08 bits per heavy atom. The summed E-state index contributed by atoms with van der Waals surface area (Å²) in [6, 6.07) is 6.49. The normalized spacial score (nSPS) is 26.4. The fraction of sp³-hybridized carbons (Fsp3) is 0.531. The Bertz CT molecular complexity index is 1240. The predicted molar refractivity (Wildman–Crippen MR) is 145 cm³/mol. The van der Waals surface area contributed by atoms with Crippen molar-refractivity contribution < 1.29 is 14.0 Å². The second kappa shape index (κ2) is 10.5. The van der Waals surface area contributed by atoms with Crippen LogP contribution in [0.2, 0.25) is 0 Å². The lowest BCUT2D eigenvalue weighted by atomic mass is 9.53. The number of ketones is 2. The molecule has 0 bridgehead atoms. The number of Topliss-reactive ketones (excluding diaryl/α,β-unsaturated/α-hetero) is 2. The van der Waals surface area contributed by atoms with E-state index in [1.165, 1.54) is 28.8 Å². The van der Waals surface area contributed by atoms with E-state index in [9.17, 15) is 14.0 Å². The van der Waals surface area contributed by atoms with E-state index < -0.39 is 0 Å². The number of hydrogen-bond acceptors (Lipinski definition) is 3. The van der Waals surface area contributed by atoms with E-state index in [1.807, 2.05) is 10.9 Å². The number of aromatic nitrogens is 2. The summed E-state index contributed by atoms with van der Waals surface area (Å²) in [4.78, 5) is 25.5. The van der Waals surface area contributed by atoms with Crippen molar-refractivity contribution in [1.29, 1.82) is 0 Å². The van der Waals surface area contributed by atoms with Crippen LogP contribution in [0.4, 0.5) is 4.39 Å². The van der Waals surface area contributed by atoms with Crippen LogP contribution in [0.5, 0.6) is 0 Å². The second-order valence-corrected chi connectivity index (χ2v) is 11.6. The van der Waals surface area contributed by atoms with Gasteiger partial charge in [-0.2, -0.15) is 5.10 Å². The predicted octanol–water partition coefficient (Wildman–Crippen LogP) is 7.45. The SMILES string of the molecule is CCCC(=O)CC1CC=C2C(CCC3=Cc4c(cnn4-c4ccc(F)cc4)CC32C)C1CC(=O)CCC. The second-order valence-electron chi connectivity index (χ2n) is 11.6. The van der Waals surface area contributed by atoms with Gasteiger partial charge in [0.25, 0.3) is 0 Å². The molecule has 1 saturated carbocycles. The van der Waals surface area contributed by atoms with E-state index in [-0.39, 0.29) is 23.1 Å². The van der Waals surface area contributed by atoms with E-state index in [2.05, 4.69) is 38.0 Å². The highest BCUT2D eigenvalue weighted by molar-refractivity contribution is 5.80. The van der Waals surface area contributed by atoms with Gasteiger partial charge in [-0.3, -0.25) is 9.59 Å². The fourth-order valence-electron chi connectivity index (χ4n) is 7.26. The maximum atomic E-state index is 13.5. The highest BCUT2D eigenvalue weighted by Crippen LogP contribution is 2.58. The molecule has 0 radical (unpaired) electrons. The highest BCUT2D eigenvalue weighted by Gasteiger charge is 2.48. The summed E-state index contributed by atoms with van der Waals surface area (Å²) in [5.41, 5.74) is 5.96. The summed E-state index contributed by atoms with van der Waals surface area (Å²) in [5.74, 6) is 1.31. The number of rotatable bonds is 9. The van der Waals surface area contributed by atoms with Crippen molar-refractivity contribution >= 4 is 17.6 Å². The summed E-state index contributed by atoms with van der Waals surface area (Å²) in [7, 11) is 0. The van der Waals surface area contributed by atoms with E-state index in [4.69, 9.17) is 0 Å². The summed E-state index contributed by atoms with van der Waals surface area (Å²) in [6.45, 7) is 6.49. The average molecular weight is 503 g/mol. The van der Waals surface area contributed by atoms with Crippen LogP contribution in [0.25, 0.3) is 11.8 Å². The number of carbonyl (C=O) groups excluding carboxylic acids is 2. The van der Waals surface area contributed by atoms with Crippen LogP contribution in [-0.2, 0) is 16.0 Å². The molecule has 0 spiro atoms. The smallest absolute Gasteiger partial charge is 0.133 e. The first-order valence-electron chi connectivity index (χ1n) is 14.1. The standard InChI is InChI=1S/C32H39FN2O2/c1-4-6-26(36)16-21-8-15-30-28(29(21)18-27(37)7-5-2)14-9-23-17-31-22(19-32(23,30)3)20-34-35(31)25-12-10-24(33)11-13-25/h10-13,15,17,20-21,28-29H,4-9,14,16,18-19H2,1-3H3. The van der Waals surface area contributed by atoms with Crippen molar-refractivity contribution in [2.45, 2.75) is 85.0 Å². The zero-order valence-corrected chi connectivity index (χ0v) is 22.4. The van der Waals surface area contributed by atoms with Crippen LogP contribution in [0.3, 0.4) is 0 Å². The molecule has 1 fully saturated rings. The Balaban J connectivity index is 1.46. The van der Waals surface area contributed by atoms with Crippen molar-refractivity contribution in [3.05, 3.63) is 64.8 Å². The van der Waals surface area contributed by atoms with Crippen molar-refractivity contribution in [3.8, 4) is 5.69 Å². The van der Waals surface area contributed by atoms with Gasteiger partial charge in [0.15, 0.2) is 0 Å². The Morgan fingerprint density at radius 3 is 2.49 bits per heavy atom. The molecule has 2 aromatic rings. The number of fused-ring (bicyclic) bond motifs is 4. The van der Waals surface area contributed by atoms with Gasteiger partial charge in [0.05, 0.1) is 17.6 Å². The average Bonchev–Trinajstić information content (AvgIpc) is 3.26. The minimum atomic E-state index is -0.250. The molecule has 5 heteroatoms. The van der Waals surface area contributed by atoms with Gasteiger partial charge in [0.1, 0.15) is 17.4 Å². The highest BCUT2D eigenvalue weighted by atomic mass is 19.1. The van der Waals surface area contributed by atoms with Crippen molar-refractivity contribution in [2.24, 2.45) is 23.2 Å². The minimum absolute atomic E-state index is 0.0863. The zero-order chi connectivity index (χ0) is 26.2. The van der Waals surface area contributed by atoms with E-state index in [0.717, 1.165) is 49.9 Å². The molecule has 4 nitrogen and oxygen atoms in total. The number of halogens is 1. The molecule has 3 aliphatic carbocycles. The third-order valence-electron chi connectivity index (χ3n) is 9.06. The van der Waals surface area contributed by atoms with Gasteiger partial charge < -0.3 is 0 Å². The largest absolute Gasteiger partial charge is 0.300 e. The Kier molecular flexibility index (Phi) is 7.33. The van der Waals surface area contributed by atoms with Crippen LogP contribution in [0.15, 0.2) is 47.7 Å². The molecule has 1 aromatic heterocycles. The minimum Gasteiger partial charge on any atom is -0.300 e. The molecule has 0 saturated heterocycles. The molecule has 4 atom stereocenters. The van der Waals surface area contributed by atoms with Gasteiger partial charge in [-0.25, -0.2) is 9.07 Å². The van der Waals surface area contributed by atoms with Gasteiger partial charge in [-0.1, -0.05) is 38.0 Å². The molecular weight excluding hydrogens is 463 g/mol. The van der Waals surface area contributed by atoms with Crippen LogP contribution < -0.4 is 0 Å². The molecule has 0 amide bonds. The first-order chi connectivity index (χ1) is 17.8. The monoisotopic (exact) mass is 502 g/mol. The number of allylic oxidation sites excluding steroid dienone is 3. The van der Waals surface area contributed by atoms with Gasteiger partial charge in [-0.05, 0) is 92.2 Å². The third kappa shape index (κ3) is 4.89. The molecule has 5 rings (SSSR count).